The van der Waals surface area contributed by atoms with Gasteiger partial charge in [0.05, 0.1) is 17.9 Å². The van der Waals surface area contributed by atoms with Crippen LogP contribution in [-0.2, 0) is 25.8 Å². The Bertz CT molecular complexity index is 1070. The maximum absolute atomic E-state index is 13.3. The summed E-state index contributed by atoms with van der Waals surface area (Å²) in [5.41, 5.74) is 6.50. The second-order valence-corrected chi connectivity index (χ2v) is 10.7. The fraction of sp³-hybridized carbons (Fsp3) is 0.417. The van der Waals surface area contributed by atoms with Crippen LogP contribution < -0.4 is 10.5 Å². The number of carbonyl (C=O) groups is 2. The monoisotopic (exact) mass is 492 g/mol. The molecule has 3 rings (SSSR count). The molecule has 0 saturated carbocycles. The van der Waals surface area contributed by atoms with Crippen LogP contribution in [0.5, 0.6) is 5.75 Å². The number of hydrogen-bond acceptors (Lipinski definition) is 5. The molecule has 0 bridgehead atoms. The molecular formula is C24H29ClN2O5S. The van der Waals surface area contributed by atoms with Gasteiger partial charge < -0.3 is 15.4 Å². The molecule has 2 atom stereocenters. The van der Waals surface area contributed by atoms with Crippen molar-refractivity contribution in [1.82, 2.24) is 4.90 Å². The SMILES string of the molecule is COc1ccc(S(=O)(=O)C2C(CC(N)=O)C(=O)N2CCCCCCc2ccc(Cl)cc2)cc1. The number of ether oxygens (including phenoxy) is 1. The summed E-state index contributed by atoms with van der Waals surface area (Å²) < 4.78 is 31.7. The van der Waals surface area contributed by atoms with Crippen LogP contribution in [0.25, 0.3) is 0 Å². The minimum atomic E-state index is -3.86. The van der Waals surface area contributed by atoms with Gasteiger partial charge in [-0.25, -0.2) is 8.42 Å². The van der Waals surface area contributed by atoms with Crippen molar-refractivity contribution >= 4 is 33.3 Å². The van der Waals surface area contributed by atoms with Gasteiger partial charge >= 0.3 is 0 Å². The summed E-state index contributed by atoms with van der Waals surface area (Å²) in [5, 5.41) is -0.369. The Labute approximate surface area is 199 Å². The molecule has 0 aliphatic carbocycles. The van der Waals surface area contributed by atoms with Crippen molar-refractivity contribution in [3.8, 4) is 5.75 Å². The van der Waals surface area contributed by atoms with E-state index in [1.165, 1.54) is 29.7 Å². The van der Waals surface area contributed by atoms with Gasteiger partial charge in [-0.2, -0.15) is 0 Å². The van der Waals surface area contributed by atoms with E-state index in [1.54, 1.807) is 12.1 Å². The molecule has 2 N–H and O–H groups in total. The molecule has 0 aromatic heterocycles. The molecule has 33 heavy (non-hydrogen) atoms. The maximum atomic E-state index is 13.3. The highest BCUT2D eigenvalue weighted by atomic mass is 35.5. The topological polar surface area (TPSA) is 107 Å². The highest BCUT2D eigenvalue weighted by molar-refractivity contribution is 7.92. The van der Waals surface area contributed by atoms with Gasteiger partial charge in [0, 0.05) is 18.0 Å². The van der Waals surface area contributed by atoms with E-state index in [0.29, 0.717) is 23.7 Å². The second kappa shape index (κ2) is 11.0. The van der Waals surface area contributed by atoms with E-state index in [9.17, 15) is 18.0 Å². The van der Waals surface area contributed by atoms with Crippen molar-refractivity contribution in [3.05, 3.63) is 59.1 Å². The van der Waals surface area contributed by atoms with Crippen molar-refractivity contribution in [2.45, 2.75) is 48.8 Å². The van der Waals surface area contributed by atoms with Gasteiger partial charge in [-0.1, -0.05) is 36.6 Å². The zero-order valence-electron chi connectivity index (χ0n) is 18.6. The number of likely N-dealkylation sites (tertiary alicyclic amines) is 1. The average molecular weight is 493 g/mol. The fourth-order valence-corrected chi connectivity index (χ4v) is 6.25. The Hall–Kier alpha value is -2.58. The van der Waals surface area contributed by atoms with Gasteiger partial charge in [0.1, 0.15) is 5.75 Å². The number of sulfone groups is 1. The largest absolute Gasteiger partial charge is 0.497 e. The number of primary amides is 1. The summed E-state index contributed by atoms with van der Waals surface area (Å²) in [6.45, 7) is 0.328. The number of carbonyl (C=O) groups excluding carboxylic acids is 2. The number of methoxy groups -OCH3 is 1. The first kappa shape index (κ1) is 25.1. The molecule has 1 aliphatic rings. The lowest BCUT2D eigenvalue weighted by Gasteiger charge is -2.46. The lowest BCUT2D eigenvalue weighted by molar-refractivity contribution is -0.153. The molecule has 1 heterocycles. The summed E-state index contributed by atoms with van der Waals surface area (Å²) in [6, 6.07) is 13.8. The number of β-lactam (4-membered cyclic amide) rings is 1. The lowest BCUT2D eigenvalue weighted by atomic mass is 9.93. The summed E-state index contributed by atoms with van der Waals surface area (Å²) in [7, 11) is -2.37. The summed E-state index contributed by atoms with van der Waals surface area (Å²) in [4.78, 5) is 25.5. The minimum Gasteiger partial charge on any atom is -0.497 e. The number of nitrogens with zero attached hydrogens (tertiary/aromatic N) is 1. The zero-order chi connectivity index (χ0) is 24.0. The molecule has 2 aromatic carbocycles. The van der Waals surface area contributed by atoms with E-state index < -0.39 is 27.0 Å². The third-order valence-electron chi connectivity index (χ3n) is 5.91. The van der Waals surface area contributed by atoms with Crippen molar-refractivity contribution in [2.24, 2.45) is 11.7 Å². The molecule has 1 saturated heterocycles. The Morgan fingerprint density at radius 2 is 1.67 bits per heavy atom. The van der Waals surface area contributed by atoms with Gasteiger partial charge in [-0.15, -0.1) is 0 Å². The molecule has 1 fully saturated rings. The summed E-state index contributed by atoms with van der Waals surface area (Å²) in [5.74, 6) is -1.44. The first-order chi connectivity index (χ1) is 15.7. The Morgan fingerprint density at radius 1 is 1.03 bits per heavy atom. The number of nitrogens with two attached hydrogens (primary N) is 1. The number of aryl methyl sites for hydroxylation is 1. The number of amides is 2. The predicted octanol–water partition coefficient (Wildman–Crippen LogP) is 3.59. The molecule has 7 nitrogen and oxygen atoms in total. The van der Waals surface area contributed by atoms with E-state index in [0.717, 1.165) is 25.7 Å². The third kappa shape index (κ3) is 6.06. The molecule has 178 valence electrons. The normalized spacial score (nSPS) is 18.1. The Kier molecular flexibility index (Phi) is 8.37. The van der Waals surface area contributed by atoms with Crippen LogP contribution in [0.15, 0.2) is 53.4 Å². The maximum Gasteiger partial charge on any atom is 0.230 e. The van der Waals surface area contributed by atoms with E-state index >= 15 is 0 Å². The predicted molar refractivity (Wildman–Crippen MR) is 127 cm³/mol. The van der Waals surface area contributed by atoms with Crippen LogP contribution in [0.1, 0.15) is 37.7 Å². The molecule has 0 radical (unpaired) electrons. The fourth-order valence-electron chi connectivity index (χ4n) is 4.14. The Morgan fingerprint density at radius 3 is 2.27 bits per heavy atom. The first-order valence-corrected chi connectivity index (χ1v) is 12.9. The standard InChI is InChI=1S/C24H29ClN2O5S/c1-32-19-11-13-20(14-12-19)33(30,31)24-21(16-22(26)28)23(29)27(24)15-5-3-2-4-6-17-7-9-18(25)10-8-17/h7-14,21,24H,2-6,15-16H2,1H3,(H2,26,28). The molecule has 2 unspecified atom stereocenters. The summed E-state index contributed by atoms with van der Waals surface area (Å²) >= 11 is 5.90. The zero-order valence-corrected chi connectivity index (χ0v) is 20.1. The van der Waals surface area contributed by atoms with Crippen molar-refractivity contribution < 1.29 is 22.7 Å². The molecule has 0 spiro atoms. The van der Waals surface area contributed by atoms with Gasteiger partial charge in [0.15, 0.2) is 15.2 Å². The number of benzene rings is 2. The van der Waals surface area contributed by atoms with Crippen LogP contribution in [0.4, 0.5) is 0 Å². The van der Waals surface area contributed by atoms with E-state index in [-0.39, 0.29) is 17.2 Å². The number of halogens is 1. The average Bonchev–Trinajstić information content (AvgIpc) is 2.80. The highest BCUT2D eigenvalue weighted by Crippen LogP contribution is 2.37. The molecule has 2 amide bonds. The number of rotatable bonds is 12. The molecule has 9 heteroatoms. The van der Waals surface area contributed by atoms with Crippen LogP contribution in [0, 0.1) is 5.92 Å². The molecule has 1 aliphatic heterocycles. The van der Waals surface area contributed by atoms with E-state index in [2.05, 4.69) is 0 Å². The number of unbranched alkanes of at least 4 members (excludes halogenated alkanes) is 3. The lowest BCUT2D eigenvalue weighted by Crippen LogP contribution is -2.64. The second-order valence-electron chi connectivity index (χ2n) is 8.21. The van der Waals surface area contributed by atoms with Gasteiger partial charge in [-0.05, 0) is 61.2 Å². The van der Waals surface area contributed by atoms with Crippen LogP contribution in [0.2, 0.25) is 5.02 Å². The van der Waals surface area contributed by atoms with Gasteiger partial charge in [0.25, 0.3) is 0 Å². The first-order valence-electron chi connectivity index (χ1n) is 10.9. The van der Waals surface area contributed by atoms with Crippen molar-refractivity contribution in [1.29, 1.82) is 0 Å². The quantitative estimate of drug-likeness (QED) is 0.360. The van der Waals surface area contributed by atoms with Crippen molar-refractivity contribution in [3.63, 3.8) is 0 Å². The smallest absolute Gasteiger partial charge is 0.230 e. The summed E-state index contributed by atoms with van der Waals surface area (Å²) in [6.07, 6.45) is 4.17. The highest BCUT2D eigenvalue weighted by Gasteiger charge is 2.54. The van der Waals surface area contributed by atoms with Crippen LogP contribution >= 0.6 is 11.6 Å². The van der Waals surface area contributed by atoms with Crippen molar-refractivity contribution in [2.75, 3.05) is 13.7 Å². The van der Waals surface area contributed by atoms with E-state index in [1.807, 2.05) is 24.3 Å². The van der Waals surface area contributed by atoms with Crippen LogP contribution in [-0.4, -0.2) is 44.2 Å². The van der Waals surface area contributed by atoms with E-state index in [4.69, 9.17) is 22.1 Å². The Balaban J connectivity index is 1.58. The van der Waals surface area contributed by atoms with Gasteiger partial charge in [-0.3, -0.25) is 9.59 Å². The minimum absolute atomic E-state index is 0.0863. The third-order valence-corrected chi connectivity index (χ3v) is 8.31. The van der Waals surface area contributed by atoms with Crippen LogP contribution in [0.3, 0.4) is 0 Å². The molecular weight excluding hydrogens is 464 g/mol. The van der Waals surface area contributed by atoms with Gasteiger partial charge in [0.2, 0.25) is 11.8 Å². The number of hydrogen-bond donors (Lipinski definition) is 1. The molecule has 2 aromatic rings.